The molecule has 2 heteroatoms. The summed E-state index contributed by atoms with van der Waals surface area (Å²) in [4.78, 5) is 2.40. The van der Waals surface area contributed by atoms with E-state index in [1.807, 2.05) is 0 Å². The molecule has 2 aliphatic rings. The Bertz CT molecular complexity index is 167. The Morgan fingerprint density at radius 3 is 2.29 bits per heavy atom. The standard InChI is InChI=1S/C12H24N2/c1-14(2)12(10-7-8-10)9-13-11-5-3-4-6-11/h10-13H,3-9H2,1-2H3. The molecular formula is C12H24N2. The maximum Gasteiger partial charge on any atom is 0.0242 e. The van der Waals surface area contributed by atoms with E-state index in [1.165, 1.54) is 45.1 Å². The first-order chi connectivity index (χ1) is 6.77. The van der Waals surface area contributed by atoms with E-state index in [1.54, 1.807) is 0 Å². The van der Waals surface area contributed by atoms with E-state index in [0.29, 0.717) is 0 Å². The van der Waals surface area contributed by atoms with Gasteiger partial charge in [0.25, 0.3) is 0 Å². The lowest BCUT2D eigenvalue weighted by atomic mass is 10.1. The van der Waals surface area contributed by atoms with Crippen LogP contribution >= 0.6 is 0 Å². The van der Waals surface area contributed by atoms with Crippen molar-refractivity contribution in [3.8, 4) is 0 Å². The summed E-state index contributed by atoms with van der Waals surface area (Å²) in [5.74, 6) is 0.985. The van der Waals surface area contributed by atoms with Gasteiger partial charge in [0.1, 0.15) is 0 Å². The number of nitrogens with one attached hydrogen (secondary N) is 1. The maximum absolute atomic E-state index is 3.74. The number of likely N-dealkylation sites (N-methyl/N-ethyl adjacent to an activating group) is 1. The molecule has 2 nitrogen and oxygen atoms in total. The van der Waals surface area contributed by atoms with Gasteiger partial charge in [-0.1, -0.05) is 12.8 Å². The average molecular weight is 196 g/mol. The first-order valence-electron chi connectivity index (χ1n) is 6.17. The molecule has 2 fully saturated rings. The summed E-state index contributed by atoms with van der Waals surface area (Å²) >= 11 is 0. The van der Waals surface area contributed by atoms with E-state index in [9.17, 15) is 0 Å². The smallest absolute Gasteiger partial charge is 0.0242 e. The van der Waals surface area contributed by atoms with Gasteiger partial charge in [0.2, 0.25) is 0 Å². The summed E-state index contributed by atoms with van der Waals surface area (Å²) in [6.45, 7) is 1.21. The third kappa shape index (κ3) is 2.71. The van der Waals surface area contributed by atoms with Crippen LogP contribution < -0.4 is 5.32 Å². The molecule has 1 N–H and O–H groups in total. The summed E-state index contributed by atoms with van der Waals surface area (Å²) < 4.78 is 0. The van der Waals surface area contributed by atoms with Crippen molar-refractivity contribution in [2.75, 3.05) is 20.6 Å². The van der Waals surface area contributed by atoms with Crippen molar-refractivity contribution in [3.05, 3.63) is 0 Å². The maximum atomic E-state index is 3.74. The molecule has 82 valence electrons. The van der Waals surface area contributed by atoms with Crippen molar-refractivity contribution < 1.29 is 0 Å². The molecule has 2 saturated carbocycles. The zero-order valence-electron chi connectivity index (χ0n) is 9.63. The quantitative estimate of drug-likeness (QED) is 0.722. The molecule has 2 aliphatic carbocycles. The van der Waals surface area contributed by atoms with Gasteiger partial charge in [0, 0.05) is 18.6 Å². The molecule has 2 rings (SSSR count). The molecule has 14 heavy (non-hydrogen) atoms. The summed E-state index contributed by atoms with van der Waals surface area (Å²) in [7, 11) is 4.44. The molecular weight excluding hydrogens is 172 g/mol. The van der Waals surface area contributed by atoms with Crippen molar-refractivity contribution in [2.24, 2.45) is 5.92 Å². The second-order valence-corrected chi connectivity index (χ2v) is 5.26. The van der Waals surface area contributed by atoms with Crippen molar-refractivity contribution >= 4 is 0 Å². The van der Waals surface area contributed by atoms with Crippen LogP contribution in [0.1, 0.15) is 38.5 Å². The summed E-state index contributed by atoms with van der Waals surface area (Å²) in [6.07, 6.45) is 8.60. The molecule has 1 unspecified atom stereocenters. The van der Waals surface area contributed by atoms with Crippen molar-refractivity contribution in [3.63, 3.8) is 0 Å². The van der Waals surface area contributed by atoms with Gasteiger partial charge >= 0.3 is 0 Å². The number of hydrogen-bond donors (Lipinski definition) is 1. The molecule has 0 radical (unpaired) electrons. The molecule has 0 amide bonds. The van der Waals surface area contributed by atoms with Gasteiger partial charge in [-0.25, -0.2) is 0 Å². The van der Waals surface area contributed by atoms with Crippen LogP contribution in [0.15, 0.2) is 0 Å². The monoisotopic (exact) mass is 196 g/mol. The van der Waals surface area contributed by atoms with E-state index >= 15 is 0 Å². The lowest BCUT2D eigenvalue weighted by Gasteiger charge is -2.26. The van der Waals surface area contributed by atoms with E-state index in [-0.39, 0.29) is 0 Å². The summed E-state index contributed by atoms with van der Waals surface area (Å²) in [5.41, 5.74) is 0. The summed E-state index contributed by atoms with van der Waals surface area (Å²) in [5, 5.41) is 3.74. The van der Waals surface area contributed by atoms with Gasteiger partial charge in [-0.05, 0) is 45.7 Å². The Hall–Kier alpha value is -0.0800. The third-order valence-corrected chi connectivity index (χ3v) is 3.80. The van der Waals surface area contributed by atoms with Gasteiger partial charge in [-0.3, -0.25) is 0 Å². The Kier molecular flexibility index (Phi) is 3.45. The van der Waals surface area contributed by atoms with Crippen LogP contribution in [0.5, 0.6) is 0 Å². The van der Waals surface area contributed by atoms with Gasteiger partial charge in [0.05, 0.1) is 0 Å². The fourth-order valence-corrected chi connectivity index (χ4v) is 2.67. The van der Waals surface area contributed by atoms with E-state index in [4.69, 9.17) is 0 Å². The highest BCUT2D eigenvalue weighted by Crippen LogP contribution is 2.34. The minimum absolute atomic E-state index is 0.788. The highest BCUT2D eigenvalue weighted by Gasteiger charge is 2.32. The largest absolute Gasteiger partial charge is 0.312 e. The van der Waals surface area contributed by atoms with Gasteiger partial charge in [0.15, 0.2) is 0 Å². The van der Waals surface area contributed by atoms with Crippen LogP contribution in [-0.2, 0) is 0 Å². The van der Waals surface area contributed by atoms with Gasteiger partial charge < -0.3 is 10.2 Å². The highest BCUT2D eigenvalue weighted by molar-refractivity contribution is 4.89. The molecule has 0 saturated heterocycles. The highest BCUT2D eigenvalue weighted by atomic mass is 15.1. The zero-order chi connectivity index (χ0) is 9.97. The van der Waals surface area contributed by atoms with E-state index in [0.717, 1.165) is 18.0 Å². The molecule has 0 bridgehead atoms. The molecule has 0 spiro atoms. The lowest BCUT2D eigenvalue weighted by molar-refractivity contribution is 0.248. The topological polar surface area (TPSA) is 15.3 Å². The molecule has 0 aromatic rings. The molecule has 0 aromatic heterocycles. The number of hydrogen-bond acceptors (Lipinski definition) is 2. The number of nitrogens with zero attached hydrogens (tertiary/aromatic N) is 1. The predicted molar refractivity (Wildman–Crippen MR) is 60.5 cm³/mol. The van der Waals surface area contributed by atoms with Crippen LogP contribution in [0.2, 0.25) is 0 Å². The van der Waals surface area contributed by atoms with Crippen LogP contribution in [0.3, 0.4) is 0 Å². The number of rotatable bonds is 5. The minimum atomic E-state index is 0.788. The molecule has 1 atom stereocenters. The van der Waals surface area contributed by atoms with Crippen molar-refractivity contribution in [1.82, 2.24) is 10.2 Å². The Morgan fingerprint density at radius 1 is 1.14 bits per heavy atom. The van der Waals surface area contributed by atoms with Gasteiger partial charge in [-0.2, -0.15) is 0 Å². The molecule has 0 aromatic carbocycles. The average Bonchev–Trinajstić information content (AvgIpc) is 2.82. The van der Waals surface area contributed by atoms with Crippen molar-refractivity contribution in [2.45, 2.75) is 50.6 Å². The Balaban J connectivity index is 1.70. The fraction of sp³-hybridized carbons (Fsp3) is 1.00. The molecule has 0 heterocycles. The Labute approximate surface area is 88.1 Å². The van der Waals surface area contributed by atoms with Crippen LogP contribution in [0.4, 0.5) is 0 Å². The van der Waals surface area contributed by atoms with Crippen LogP contribution in [-0.4, -0.2) is 37.6 Å². The third-order valence-electron chi connectivity index (χ3n) is 3.80. The van der Waals surface area contributed by atoms with Crippen LogP contribution in [0.25, 0.3) is 0 Å². The second kappa shape index (κ2) is 4.63. The SMILES string of the molecule is CN(C)C(CNC1CCCC1)C1CC1. The van der Waals surface area contributed by atoms with Gasteiger partial charge in [-0.15, -0.1) is 0 Å². The van der Waals surface area contributed by atoms with Crippen LogP contribution in [0, 0.1) is 5.92 Å². The van der Waals surface area contributed by atoms with E-state index in [2.05, 4.69) is 24.3 Å². The molecule has 0 aliphatic heterocycles. The van der Waals surface area contributed by atoms with Crippen molar-refractivity contribution in [1.29, 1.82) is 0 Å². The first-order valence-corrected chi connectivity index (χ1v) is 6.17. The Morgan fingerprint density at radius 2 is 1.79 bits per heavy atom. The zero-order valence-corrected chi connectivity index (χ0v) is 9.63. The van der Waals surface area contributed by atoms with E-state index < -0.39 is 0 Å². The summed E-state index contributed by atoms with van der Waals surface area (Å²) in [6, 6.07) is 1.62. The second-order valence-electron chi connectivity index (χ2n) is 5.26. The predicted octanol–water partition coefficient (Wildman–Crippen LogP) is 1.86. The minimum Gasteiger partial charge on any atom is -0.312 e. The first kappa shape index (κ1) is 10.4. The normalized spacial score (nSPS) is 25.9. The fourth-order valence-electron chi connectivity index (χ4n) is 2.67. The lowest BCUT2D eigenvalue weighted by Crippen LogP contribution is -2.42.